The van der Waals surface area contributed by atoms with E-state index in [1.165, 1.54) is 0 Å². The summed E-state index contributed by atoms with van der Waals surface area (Å²) >= 11 is 0. The van der Waals surface area contributed by atoms with Gasteiger partial charge in [0.05, 0.1) is 12.5 Å². The average molecular weight is 443 g/mol. The highest BCUT2D eigenvalue weighted by molar-refractivity contribution is 5.78. The van der Waals surface area contributed by atoms with Crippen molar-refractivity contribution in [2.24, 2.45) is 0 Å². The molecule has 0 radical (unpaired) electrons. The fourth-order valence-corrected chi connectivity index (χ4v) is 3.92. The maximum Gasteiger partial charge on any atom is 0.278 e. The first-order valence-electron chi connectivity index (χ1n) is 10.8. The number of hydrogen-bond donors (Lipinski definition) is 0. The van der Waals surface area contributed by atoms with Gasteiger partial charge in [-0.3, -0.25) is 9.59 Å². The van der Waals surface area contributed by atoms with Crippen molar-refractivity contribution < 1.29 is 9.53 Å². The Morgan fingerprint density at radius 3 is 2.48 bits per heavy atom. The molecule has 7 nitrogen and oxygen atoms in total. The highest BCUT2D eigenvalue weighted by atomic mass is 16.5. The fourth-order valence-electron chi connectivity index (χ4n) is 3.92. The number of benzene rings is 3. The number of hydrogen-bond acceptors (Lipinski definition) is 5. The number of ether oxygens (including phenoxy) is 1. The number of aromatic nitrogens is 3. The highest BCUT2D eigenvalue weighted by Gasteiger charge is 2.23. The first-order chi connectivity index (χ1) is 16.1. The summed E-state index contributed by atoms with van der Waals surface area (Å²) in [6.07, 6.45) is 0.612. The van der Waals surface area contributed by atoms with E-state index >= 15 is 0 Å². The second-order valence-corrected chi connectivity index (χ2v) is 7.94. The monoisotopic (exact) mass is 442 g/mol. The molecule has 0 N–H and O–H groups in total. The lowest BCUT2D eigenvalue weighted by molar-refractivity contribution is -0.134. The zero-order valence-electron chi connectivity index (χ0n) is 18.7. The lowest BCUT2D eigenvalue weighted by Crippen LogP contribution is -2.43. The van der Waals surface area contributed by atoms with Gasteiger partial charge in [-0.25, -0.2) is 4.68 Å². The first-order valence-corrected chi connectivity index (χ1v) is 10.8. The summed E-state index contributed by atoms with van der Waals surface area (Å²) in [6.45, 7) is 2.24. The standard InChI is InChI=1S/C26H26N4O3/c1-19(16-21-12-6-9-15-24(21)33-2)29(17-20-10-4-3-5-11-20)25(31)18-30-26(32)22-13-7-8-14-23(22)27-28-30/h3-15,19H,16-18H2,1-2H3/t19-/m0/s1. The zero-order valence-corrected chi connectivity index (χ0v) is 18.7. The van der Waals surface area contributed by atoms with E-state index in [1.54, 1.807) is 36.3 Å². The highest BCUT2D eigenvalue weighted by Crippen LogP contribution is 2.22. The van der Waals surface area contributed by atoms with Gasteiger partial charge in [0, 0.05) is 12.6 Å². The topological polar surface area (TPSA) is 77.3 Å². The number of amides is 1. The molecule has 7 heteroatoms. The number of para-hydroxylation sites is 1. The zero-order chi connectivity index (χ0) is 23.2. The molecule has 33 heavy (non-hydrogen) atoms. The van der Waals surface area contributed by atoms with E-state index in [4.69, 9.17) is 4.74 Å². The van der Waals surface area contributed by atoms with Crippen molar-refractivity contribution in [3.63, 3.8) is 0 Å². The quantitative estimate of drug-likeness (QED) is 0.418. The van der Waals surface area contributed by atoms with E-state index in [9.17, 15) is 9.59 Å². The van der Waals surface area contributed by atoms with Crippen LogP contribution >= 0.6 is 0 Å². The van der Waals surface area contributed by atoms with Crippen LogP contribution in [-0.2, 0) is 24.3 Å². The van der Waals surface area contributed by atoms with Crippen LogP contribution in [0.3, 0.4) is 0 Å². The van der Waals surface area contributed by atoms with E-state index in [-0.39, 0.29) is 24.1 Å². The maximum atomic E-state index is 13.5. The lowest BCUT2D eigenvalue weighted by atomic mass is 10.0. The van der Waals surface area contributed by atoms with Gasteiger partial charge < -0.3 is 9.64 Å². The third kappa shape index (κ3) is 5.09. The molecule has 4 rings (SSSR count). The number of carbonyl (C=O) groups excluding carboxylic acids is 1. The van der Waals surface area contributed by atoms with Crippen molar-refractivity contribution in [1.82, 2.24) is 19.9 Å². The van der Waals surface area contributed by atoms with E-state index < -0.39 is 0 Å². The molecule has 1 atom stereocenters. The number of rotatable bonds is 8. The first kappa shape index (κ1) is 22.2. The molecule has 0 saturated carbocycles. The predicted molar refractivity (Wildman–Crippen MR) is 127 cm³/mol. The normalized spacial score (nSPS) is 11.8. The van der Waals surface area contributed by atoms with Gasteiger partial charge in [-0.1, -0.05) is 65.9 Å². The van der Waals surface area contributed by atoms with Crippen LogP contribution in [0.1, 0.15) is 18.1 Å². The van der Waals surface area contributed by atoms with Gasteiger partial charge in [0.2, 0.25) is 5.91 Å². The fraction of sp³-hybridized carbons (Fsp3) is 0.231. The third-order valence-corrected chi connectivity index (χ3v) is 5.67. The second-order valence-electron chi connectivity index (χ2n) is 7.94. The number of fused-ring (bicyclic) bond motifs is 1. The van der Waals surface area contributed by atoms with E-state index in [2.05, 4.69) is 10.3 Å². The van der Waals surface area contributed by atoms with Gasteiger partial charge in [-0.2, -0.15) is 0 Å². The molecule has 1 heterocycles. The molecule has 0 unspecified atom stereocenters. The third-order valence-electron chi connectivity index (χ3n) is 5.67. The van der Waals surface area contributed by atoms with Crippen molar-refractivity contribution in [3.8, 4) is 5.75 Å². The van der Waals surface area contributed by atoms with Crippen LogP contribution in [0.25, 0.3) is 10.9 Å². The van der Waals surface area contributed by atoms with E-state index in [0.717, 1.165) is 21.6 Å². The van der Waals surface area contributed by atoms with E-state index in [0.29, 0.717) is 23.9 Å². The van der Waals surface area contributed by atoms with Crippen molar-refractivity contribution in [3.05, 3.63) is 100 Å². The molecule has 0 aliphatic rings. The van der Waals surface area contributed by atoms with Gasteiger partial charge >= 0.3 is 0 Å². The Balaban J connectivity index is 1.62. The van der Waals surface area contributed by atoms with Crippen molar-refractivity contribution in [2.45, 2.75) is 32.5 Å². The molecular weight excluding hydrogens is 416 g/mol. The minimum Gasteiger partial charge on any atom is -0.496 e. The molecule has 1 aromatic heterocycles. The van der Waals surface area contributed by atoms with Gasteiger partial charge in [0.15, 0.2) is 0 Å². The largest absolute Gasteiger partial charge is 0.496 e. The minimum atomic E-state index is -0.328. The van der Waals surface area contributed by atoms with Gasteiger partial charge in [0.1, 0.15) is 17.8 Å². The molecule has 4 aromatic rings. The van der Waals surface area contributed by atoms with E-state index in [1.807, 2.05) is 61.5 Å². The molecule has 0 spiro atoms. The van der Waals surface area contributed by atoms with Crippen LogP contribution in [-0.4, -0.2) is 39.0 Å². The predicted octanol–water partition coefficient (Wildman–Crippen LogP) is 3.46. The Morgan fingerprint density at radius 1 is 1.00 bits per heavy atom. The summed E-state index contributed by atoms with van der Waals surface area (Å²) in [5.74, 6) is 0.584. The molecule has 0 aliphatic carbocycles. The molecule has 0 bridgehead atoms. The van der Waals surface area contributed by atoms with Gasteiger partial charge in [-0.15, -0.1) is 5.10 Å². The number of carbonyl (C=O) groups is 1. The molecule has 0 fully saturated rings. The molecule has 168 valence electrons. The van der Waals surface area contributed by atoms with Crippen molar-refractivity contribution >= 4 is 16.8 Å². The van der Waals surface area contributed by atoms with Crippen molar-refractivity contribution in [1.29, 1.82) is 0 Å². The Morgan fingerprint density at radius 2 is 1.70 bits per heavy atom. The van der Waals surface area contributed by atoms with Crippen LogP contribution < -0.4 is 10.3 Å². The lowest BCUT2D eigenvalue weighted by Gasteiger charge is -2.30. The molecule has 1 amide bonds. The van der Waals surface area contributed by atoms with Crippen LogP contribution in [0.15, 0.2) is 83.7 Å². The summed E-state index contributed by atoms with van der Waals surface area (Å²) in [5.41, 5.74) is 2.21. The minimum absolute atomic E-state index is 0.141. The average Bonchev–Trinajstić information content (AvgIpc) is 2.85. The van der Waals surface area contributed by atoms with Crippen LogP contribution in [0.4, 0.5) is 0 Å². The molecule has 3 aromatic carbocycles. The smallest absolute Gasteiger partial charge is 0.278 e. The molecule has 0 aliphatic heterocycles. The summed E-state index contributed by atoms with van der Waals surface area (Å²) in [7, 11) is 1.64. The second kappa shape index (κ2) is 10.1. The SMILES string of the molecule is COc1ccccc1C[C@H](C)N(Cc1ccccc1)C(=O)Cn1nnc2ccccc2c1=O. The van der Waals surface area contributed by atoms with Gasteiger partial charge in [-0.05, 0) is 42.7 Å². The molecular formula is C26H26N4O3. The summed E-state index contributed by atoms with van der Waals surface area (Å²) < 4.78 is 6.63. The van der Waals surface area contributed by atoms with Crippen molar-refractivity contribution in [2.75, 3.05) is 7.11 Å². The Hall–Kier alpha value is -4.00. The number of methoxy groups -OCH3 is 1. The Labute approximate surface area is 192 Å². The Bertz CT molecular complexity index is 1300. The van der Waals surface area contributed by atoms with Gasteiger partial charge in [0.25, 0.3) is 5.56 Å². The molecule has 0 saturated heterocycles. The van der Waals surface area contributed by atoms with Crippen LogP contribution in [0, 0.1) is 0 Å². The maximum absolute atomic E-state index is 13.5. The van der Waals surface area contributed by atoms with Crippen LogP contribution in [0.5, 0.6) is 5.75 Å². The Kier molecular flexibility index (Phi) is 6.78. The van der Waals surface area contributed by atoms with Crippen LogP contribution in [0.2, 0.25) is 0 Å². The summed E-state index contributed by atoms with van der Waals surface area (Å²) in [4.78, 5) is 28.1. The summed E-state index contributed by atoms with van der Waals surface area (Å²) in [5, 5.41) is 8.53. The number of nitrogens with zero attached hydrogens (tertiary/aromatic N) is 4. The summed E-state index contributed by atoms with van der Waals surface area (Å²) in [6, 6.07) is 24.4.